The highest BCUT2D eigenvalue weighted by atomic mass is 16.1. The van der Waals surface area contributed by atoms with Crippen molar-refractivity contribution in [2.75, 3.05) is 0 Å². The minimum absolute atomic E-state index is 0.0668. The number of nitrogens with one attached hydrogen (secondary N) is 2. The van der Waals surface area contributed by atoms with Gasteiger partial charge in [-0.3, -0.25) is 4.79 Å². The first kappa shape index (κ1) is 12.3. The molecule has 1 aliphatic carbocycles. The topological polar surface area (TPSA) is 44.9 Å². The average Bonchev–Trinajstić information content (AvgIpc) is 2.78. The first-order valence-electron chi connectivity index (χ1n) is 7.02. The maximum Gasteiger partial charge on any atom is 0.220 e. The highest BCUT2D eigenvalue weighted by Crippen LogP contribution is 2.31. The summed E-state index contributed by atoms with van der Waals surface area (Å²) in [6.45, 7) is 2.14. The van der Waals surface area contributed by atoms with Gasteiger partial charge in [0, 0.05) is 29.1 Å². The van der Waals surface area contributed by atoms with Gasteiger partial charge in [-0.2, -0.15) is 0 Å². The van der Waals surface area contributed by atoms with Gasteiger partial charge >= 0.3 is 0 Å². The van der Waals surface area contributed by atoms with Gasteiger partial charge in [-0.1, -0.05) is 18.2 Å². The highest BCUT2D eigenvalue weighted by molar-refractivity contribution is 5.84. The Kier molecular flexibility index (Phi) is 3.05. The summed E-state index contributed by atoms with van der Waals surface area (Å²) < 4.78 is 0. The van der Waals surface area contributed by atoms with E-state index in [0.717, 1.165) is 24.8 Å². The summed E-state index contributed by atoms with van der Waals surface area (Å²) in [5.74, 6) is 0.174. The molecule has 2 N–H and O–H groups in total. The Labute approximate surface area is 113 Å². The quantitative estimate of drug-likeness (QED) is 0.867. The fourth-order valence-electron chi connectivity index (χ4n) is 2.82. The van der Waals surface area contributed by atoms with Gasteiger partial charge in [0.25, 0.3) is 0 Å². The van der Waals surface area contributed by atoms with E-state index in [1.54, 1.807) is 0 Å². The van der Waals surface area contributed by atoms with E-state index in [1.165, 1.54) is 17.4 Å². The van der Waals surface area contributed by atoms with Crippen LogP contribution in [0.3, 0.4) is 0 Å². The summed E-state index contributed by atoms with van der Waals surface area (Å²) in [6.07, 6.45) is 6.85. The molecule has 2 aromatic rings. The molecule has 0 saturated heterocycles. The Bertz CT molecular complexity index is 596. The van der Waals surface area contributed by atoms with E-state index in [-0.39, 0.29) is 11.4 Å². The first-order chi connectivity index (χ1) is 9.16. The van der Waals surface area contributed by atoms with Crippen LogP contribution >= 0.6 is 0 Å². The molecule has 19 heavy (non-hydrogen) atoms. The maximum absolute atomic E-state index is 12.0. The molecule has 0 spiro atoms. The van der Waals surface area contributed by atoms with Crippen LogP contribution in [0.1, 0.15) is 38.2 Å². The van der Waals surface area contributed by atoms with Crippen LogP contribution in [0, 0.1) is 0 Å². The number of aromatic nitrogens is 1. The monoisotopic (exact) mass is 256 g/mol. The molecule has 1 aliphatic rings. The Balaban J connectivity index is 1.61. The van der Waals surface area contributed by atoms with Gasteiger partial charge in [0.05, 0.1) is 0 Å². The zero-order valence-corrected chi connectivity index (χ0v) is 11.3. The normalized spacial score (nSPS) is 17.1. The third-order valence-electron chi connectivity index (χ3n) is 4.19. The molecule has 1 fully saturated rings. The molecular weight excluding hydrogens is 236 g/mol. The van der Waals surface area contributed by atoms with E-state index in [1.807, 2.05) is 18.3 Å². The lowest BCUT2D eigenvalue weighted by molar-refractivity contribution is -0.123. The SMILES string of the molecule is CC1(NC(=O)CCc2c[nH]c3ccccc23)CCC1. The van der Waals surface area contributed by atoms with Crippen LogP contribution in [0.25, 0.3) is 10.9 Å². The standard InChI is InChI=1S/C16H20N2O/c1-16(9-4-10-16)18-15(19)8-7-12-11-17-14-6-3-2-5-13(12)14/h2-3,5-6,11,17H,4,7-10H2,1H3,(H,18,19). The van der Waals surface area contributed by atoms with Gasteiger partial charge in [0.2, 0.25) is 5.91 Å². The Hall–Kier alpha value is -1.77. The van der Waals surface area contributed by atoms with Crippen LogP contribution in [0.5, 0.6) is 0 Å². The predicted octanol–water partition coefficient (Wildman–Crippen LogP) is 3.16. The second kappa shape index (κ2) is 4.72. The lowest BCUT2D eigenvalue weighted by Crippen LogP contribution is -2.50. The number of amides is 1. The second-order valence-electron chi connectivity index (χ2n) is 5.82. The van der Waals surface area contributed by atoms with Crippen molar-refractivity contribution in [1.82, 2.24) is 10.3 Å². The van der Waals surface area contributed by atoms with Crippen molar-refractivity contribution in [3.8, 4) is 0 Å². The molecule has 3 rings (SSSR count). The van der Waals surface area contributed by atoms with Crippen molar-refractivity contribution in [3.05, 3.63) is 36.0 Å². The fraction of sp³-hybridized carbons (Fsp3) is 0.438. The molecule has 1 amide bonds. The lowest BCUT2D eigenvalue weighted by atomic mass is 9.78. The van der Waals surface area contributed by atoms with Crippen molar-refractivity contribution < 1.29 is 4.79 Å². The van der Waals surface area contributed by atoms with Gasteiger partial charge in [0.15, 0.2) is 0 Å². The van der Waals surface area contributed by atoms with E-state index < -0.39 is 0 Å². The fourth-order valence-corrected chi connectivity index (χ4v) is 2.82. The van der Waals surface area contributed by atoms with Crippen LogP contribution in [-0.2, 0) is 11.2 Å². The summed E-state index contributed by atoms with van der Waals surface area (Å²) in [6, 6.07) is 8.22. The number of para-hydroxylation sites is 1. The third-order valence-corrected chi connectivity index (χ3v) is 4.19. The summed E-state index contributed by atoms with van der Waals surface area (Å²) in [5.41, 5.74) is 2.44. The molecule has 0 atom stereocenters. The maximum atomic E-state index is 12.0. The highest BCUT2D eigenvalue weighted by Gasteiger charge is 2.32. The van der Waals surface area contributed by atoms with Gasteiger partial charge in [-0.25, -0.2) is 0 Å². The number of carbonyl (C=O) groups is 1. The Morgan fingerprint density at radius 1 is 1.37 bits per heavy atom. The smallest absolute Gasteiger partial charge is 0.220 e. The van der Waals surface area contributed by atoms with Crippen LogP contribution < -0.4 is 5.32 Å². The van der Waals surface area contributed by atoms with Crippen molar-refractivity contribution in [2.24, 2.45) is 0 Å². The lowest BCUT2D eigenvalue weighted by Gasteiger charge is -2.39. The summed E-state index contributed by atoms with van der Waals surface area (Å²) in [4.78, 5) is 15.2. The molecule has 1 aromatic heterocycles. The molecule has 0 aliphatic heterocycles. The van der Waals surface area contributed by atoms with Gasteiger partial charge in [0.1, 0.15) is 0 Å². The minimum Gasteiger partial charge on any atom is -0.361 e. The van der Waals surface area contributed by atoms with Crippen molar-refractivity contribution in [3.63, 3.8) is 0 Å². The van der Waals surface area contributed by atoms with Crippen molar-refractivity contribution in [1.29, 1.82) is 0 Å². The van der Waals surface area contributed by atoms with E-state index in [0.29, 0.717) is 6.42 Å². The van der Waals surface area contributed by atoms with Crippen LogP contribution in [0.4, 0.5) is 0 Å². The number of fused-ring (bicyclic) bond motifs is 1. The molecule has 0 bridgehead atoms. The second-order valence-corrected chi connectivity index (χ2v) is 5.82. The van der Waals surface area contributed by atoms with Crippen LogP contribution in [0.15, 0.2) is 30.5 Å². The van der Waals surface area contributed by atoms with Crippen LogP contribution in [0.2, 0.25) is 0 Å². The summed E-state index contributed by atoms with van der Waals surface area (Å²) in [5, 5.41) is 4.38. The predicted molar refractivity (Wildman–Crippen MR) is 77.0 cm³/mol. The molecule has 100 valence electrons. The van der Waals surface area contributed by atoms with Crippen molar-refractivity contribution >= 4 is 16.8 Å². The number of hydrogen-bond donors (Lipinski definition) is 2. The molecule has 0 radical (unpaired) electrons. The zero-order chi connectivity index (χ0) is 13.3. The summed E-state index contributed by atoms with van der Waals surface area (Å²) in [7, 11) is 0. The number of benzene rings is 1. The van der Waals surface area contributed by atoms with Crippen molar-refractivity contribution in [2.45, 2.75) is 44.6 Å². The first-order valence-corrected chi connectivity index (χ1v) is 7.02. The van der Waals surface area contributed by atoms with Gasteiger partial charge in [-0.15, -0.1) is 0 Å². The summed E-state index contributed by atoms with van der Waals surface area (Å²) >= 11 is 0. The molecule has 0 unspecified atom stereocenters. The number of hydrogen-bond acceptors (Lipinski definition) is 1. The number of carbonyl (C=O) groups excluding carboxylic acids is 1. The average molecular weight is 256 g/mol. The molecule has 1 heterocycles. The van der Waals surface area contributed by atoms with E-state index in [9.17, 15) is 4.79 Å². The van der Waals surface area contributed by atoms with Gasteiger partial charge < -0.3 is 10.3 Å². The zero-order valence-electron chi connectivity index (χ0n) is 11.3. The van der Waals surface area contributed by atoms with E-state index >= 15 is 0 Å². The molecule has 1 aromatic carbocycles. The number of H-pyrrole nitrogens is 1. The third kappa shape index (κ3) is 2.50. The molecule has 1 saturated carbocycles. The Morgan fingerprint density at radius 2 is 2.16 bits per heavy atom. The van der Waals surface area contributed by atoms with Crippen LogP contribution in [-0.4, -0.2) is 16.4 Å². The minimum atomic E-state index is 0.0668. The van der Waals surface area contributed by atoms with E-state index in [2.05, 4.69) is 29.4 Å². The largest absolute Gasteiger partial charge is 0.361 e. The number of aryl methyl sites for hydroxylation is 1. The molecule has 3 nitrogen and oxygen atoms in total. The molecule has 3 heteroatoms. The Morgan fingerprint density at radius 3 is 2.89 bits per heavy atom. The van der Waals surface area contributed by atoms with Gasteiger partial charge in [-0.05, 0) is 44.2 Å². The number of rotatable bonds is 4. The van der Waals surface area contributed by atoms with E-state index in [4.69, 9.17) is 0 Å². The molecular formula is C16H20N2O. The number of aromatic amines is 1.